The average Bonchev–Trinajstić information content (AvgIpc) is 2.23. The minimum atomic E-state index is -0.311. The van der Waals surface area contributed by atoms with Gasteiger partial charge in [0.2, 0.25) is 0 Å². The number of hydrogen-bond donors (Lipinski definition) is 2. The Morgan fingerprint density at radius 1 is 1.13 bits per heavy atom. The van der Waals surface area contributed by atoms with Gasteiger partial charge in [-0.25, -0.2) is 0 Å². The lowest BCUT2D eigenvalue weighted by molar-refractivity contribution is -0.114. The molecule has 0 amide bonds. The molecule has 3 atom stereocenters. The zero-order chi connectivity index (χ0) is 11.1. The van der Waals surface area contributed by atoms with Crippen molar-refractivity contribution in [3.63, 3.8) is 0 Å². The van der Waals surface area contributed by atoms with Crippen LogP contribution >= 0.6 is 11.6 Å². The number of alkyl halides is 1. The number of aliphatic hydroxyl groups is 2. The van der Waals surface area contributed by atoms with E-state index in [9.17, 15) is 5.11 Å². The van der Waals surface area contributed by atoms with Crippen LogP contribution in [0.15, 0.2) is 0 Å². The van der Waals surface area contributed by atoms with E-state index in [1.165, 1.54) is 0 Å². The van der Waals surface area contributed by atoms with Crippen LogP contribution in [0.1, 0.15) is 38.5 Å². The van der Waals surface area contributed by atoms with E-state index in [1.54, 1.807) is 0 Å². The molecule has 1 aliphatic heterocycles. The number of rotatable bonds is 6. The number of halogens is 1. The van der Waals surface area contributed by atoms with Crippen LogP contribution in [0.25, 0.3) is 0 Å². The molecule has 0 aliphatic carbocycles. The zero-order valence-corrected chi connectivity index (χ0v) is 9.83. The molecule has 3 nitrogen and oxygen atoms in total. The highest BCUT2D eigenvalue weighted by atomic mass is 35.5. The predicted octanol–water partition coefficient (Wildman–Crippen LogP) is 1.69. The molecule has 0 bridgehead atoms. The van der Waals surface area contributed by atoms with Crippen molar-refractivity contribution in [3.8, 4) is 0 Å². The van der Waals surface area contributed by atoms with Gasteiger partial charge in [-0.05, 0) is 19.3 Å². The summed E-state index contributed by atoms with van der Waals surface area (Å²) < 4.78 is 5.64. The van der Waals surface area contributed by atoms with E-state index in [0.717, 1.165) is 25.7 Å². The topological polar surface area (TPSA) is 49.7 Å². The Bertz CT molecular complexity index is 166. The predicted molar refractivity (Wildman–Crippen MR) is 60.2 cm³/mol. The monoisotopic (exact) mass is 236 g/mol. The molecule has 0 spiro atoms. The second-order valence-electron chi connectivity index (χ2n) is 4.23. The first-order valence-electron chi connectivity index (χ1n) is 5.76. The van der Waals surface area contributed by atoms with Crippen LogP contribution in [0.4, 0.5) is 0 Å². The van der Waals surface area contributed by atoms with Crippen LogP contribution in [0.3, 0.4) is 0 Å². The molecular formula is C11H21ClO3. The Kier molecular flexibility index (Phi) is 6.57. The third kappa shape index (κ3) is 5.16. The first-order chi connectivity index (χ1) is 7.26. The lowest BCUT2D eigenvalue weighted by Gasteiger charge is -2.32. The average molecular weight is 237 g/mol. The van der Waals surface area contributed by atoms with Gasteiger partial charge < -0.3 is 14.9 Å². The van der Waals surface area contributed by atoms with Gasteiger partial charge in [0.25, 0.3) is 0 Å². The van der Waals surface area contributed by atoms with Crippen molar-refractivity contribution >= 4 is 11.6 Å². The maximum Gasteiger partial charge on any atom is 0.0834 e. The minimum absolute atomic E-state index is 0.00917. The van der Waals surface area contributed by atoms with Gasteiger partial charge in [0.1, 0.15) is 0 Å². The van der Waals surface area contributed by atoms with Gasteiger partial charge in [0, 0.05) is 12.3 Å². The quantitative estimate of drug-likeness (QED) is 0.545. The van der Waals surface area contributed by atoms with Gasteiger partial charge in [-0.3, -0.25) is 0 Å². The summed E-state index contributed by atoms with van der Waals surface area (Å²) in [6.45, 7) is 0.00917. The summed E-state index contributed by atoms with van der Waals surface area (Å²) in [5, 5.41) is 18.6. The molecule has 1 fully saturated rings. The maximum absolute atomic E-state index is 9.57. The highest BCUT2D eigenvalue weighted by Gasteiger charge is 2.27. The number of unbranched alkanes of at least 4 members (excludes halogenated alkanes) is 2. The Morgan fingerprint density at radius 3 is 2.53 bits per heavy atom. The first kappa shape index (κ1) is 13.2. The van der Waals surface area contributed by atoms with Crippen LogP contribution in [0, 0.1) is 0 Å². The fraction of sp³-hybridized carbons (Fsp3) is 1.00. The number of hydrogen-bond acceptors (Lipinski definition) is 3. The van der Waals surface area contributed by atoms with Gasteiger partial charge in [0.15, 0.2) is 0 Å². The molecule has 0 aromatic rings. The van der Waals surface area contributed by atoms with Crippen molar-refractivity contribution < 1.29 is 14.9 Å². The van der Waals surface area contributed by atoms with Crippen LogP contribution in [-0.4, -0.2) is 41.0 Å². The highest BCUT2D eigenvalue weighted by molar-refractivity contribution is 6.17. The molecule has 1 aliphatic rings. The summed E-state index contributed by atoms with van der Waals surface area (Å²) in [4.78, 5) is 0. The van der Waals surface area contributed by atoms with E-state index < -0.39 is 0 Å². The molecule has 1 saturated heterocycles. The van der Waals surface area contributed by atoms with Gasteiger partial charge >= 0.3 is 0 Å². The maximum atomic E-state index is 9.57. The zero-order valence-electron chi connectivity index (χ0n) is 9.07. The fourth-order valence-corrected chi connectivity index (χ4v) is 2.22. The number of ether oxygens (including phenoxy) is 1. The summed E-state index contributed by atoms with van der Waals surface area (Å²) in [7, 11) is 0. The van der Waals surface area contributed by atoms with Crippen molar-refractivity contribution in [3.05, 3.63) is 0 Å². The van der Waals surface area contributed by atoms with Gasteiger partial charge in [0.05, 0.1) is 24.9 Å². The molecule has 2 unspecified atom stereocenters. The molecular weight excluding hydrogens is 216 g/mol. The van der Waals surface area contributed by atoms with E-state index in [-0.39, 0.29) is 24.9 Å². The molecule has 0 radical (unpaired) electrons. The van der Waals surface area contributed by atoms with E-state index in [4.69, 9.17) is 21.4 Å². The summed E-state index contributed by atoms with van der Waals surface area (Å²) in [6, 6.07) is 0. The summed E-state index contributed by atoms with van der Waals surface area (Å²) in [6.07, 6.45) is 5.10. The number of aliphatic hydroxyl groups excluding tert-OH is 2. The minimum Gasteiger partial charge on any atom is -0.394 e. The van der Waals surface area contributed by atoms with Gasteiger partial charge in [-0.1, -0.05) is 12.8 Å². The normalized spacial score (nSPS) is 31.8. The van der Waals surface area contributed by atoms with Crippen molar-refractivity contribution in [2.75, 3.05) is 12.5 Å². The Morgan fingerprint density at radius 2 is 1.87 bits per heavy atom. The van der Waals surface area contributed by atoms with E-state index >= 15 is 0 Å². The van der Waals surface area contributed by atoms with Crippen molar-refractivity contribution in [1.29, 1.82) is 0 Å². The molecule has 15 heavy (non-hydrogen) atoms. The highest BCUT2D eigenvalue weighted by Crippen LogP contribution is 2.23. The second kappa shape index (κ2) is 7.44. The SMILES string of the molecule is OCC1C[C@@H](O)CC(CCCCCCl)O1. The van der Waals surface area contributed by atoms with Crippen molar-refractivity contribution in [1.82, 2.24) is 0 Å². The summed E-state index contributed by atoms with van der Waals surface area (Å²) >= 11 is 5.59. The molecule has 0 aromatic carbocycles. The van der Waals surface area contributed by atoms with Crippen molar-refractivity contribution in [2.24, 2.45) is 0 Å². The van der Waals surface area contributed by atoms with Crippen LogP contribution in [0.2, 0.25) is 0 Å². The molecule has 0 aromatic heterocycles. The first-order valence-corrected chi connectivity index (χ1v) is 6.30. The van der Waals surface area contributed by atoms with Gasteiger partial charge in [-0.15, -0.1) is 11.6 Å². The van der Waals surface area contributed by atoms with Crippen LogP contribution < -0.4 is 0 Å². The van der Waals surface area contributed by atoms with Crippen LogP contribution in [0.5, 0.6) is 0 Å². The van der Waals surface area contributed by atoms with Crippen LogP contribution in [-0.2, 0) is 4.74 Å². The third-order valence-corrected chi connectivity index (χ3v) is 3.09. The van der Waals surface area contributed by atoms with Crippen molar-refractivity contribution in [2.45, 2.75) is 56.8 Å². The summed E-state index contributed by atoms with van der Waals surface area (Å²) in [5.74, 6) is 0.716. The Balaban J connectivity index is 2.16. The van der Waals surface area contributed by atoms with E-state index in [2.05, 4.69) is 0 Å². The Labute approximate surface area is 96.4 Å². The molecule has 4 heteroatoms. The molecule has 0 saturated carbocycles. The fourth-order valence-electron chi connectivity index (χ4n) is 2.03. The largest absolute Gasteiger partial charge is 0.394 e. The third-order valence-electron chi connectivity index (χ3n) is 2.82. The lowest BCUT2D eigenvalue weighted by atomic mass is 9.97. The molecule has 2 N–H and O–H groups in total. The Hall–Kier alpha value is 0.170. The molecule has 90 valence electrons. The van der Waals surface area contributed by atoms with E-state index in [1.807, 2.05) is 0 Å². The second-order valence-corrected chi connectivity index (χ2v) is 4.60. The molecule has 1 rings (SSSR count). The summed E-state index contributed by atoms with van der Waals surface area (Å²) in [5.41, 5.74) is 0. The molecule has 1 heterocycles. The van der Waals surface area contributed by atoms with Gasteiger partial charge in [-0.2, -0.15) is 0 Å². The lowest BCUT2D eigenvalue weighted by Crippen LogP contribution is -2.37. The van der Waals surface area contributed by atoms with E-state index in [0.29, 0.717) is 18.7 Å². The standard InChI is InChI=1S/C11H21ClO3/c12-5-3-1-2-4-10-6-9(14)7-11(8-13)15-10/h9-11,13-14H,1-8H2/t9-,10?,11?/m0/s1. The smallest absolute Gasteiger partial charge is 0.0834 e.